The molecule has 1 aliphatic heterocycles. The van der Waals surface area contributed by atoms with Crippen molar-refractivity contribution < 1.29 is 49.0 Å². The molecular formula is C38H72O10. The van der Waals surface area contributed by atoms with Crippen LogP contribution in [0.4, 0.5) is 0 Å². The molecule has 10 heteroatoms. The van der Waals surface area contributed by atoms with Gasteiger partial charge in [0.2, 0.25) is 0 Å². The van der Waals surface area contributed by atoms with Crippen LogP contribution >= 0.6 is 0 Å². The molecular weight excluding hydrogens is 616 g/mol. The van der Waals surface area contributed by atoms with Crippen LogP contribution in [0.5, 0.6) is 0 Å². The Labute approximate surface area is 291 Å². The van der Waals surface area contributed by atoms with E-state index in [4.69, 9.17) is 18.9 Å². The van der Waals surface area contributed by atoms with Gasteiger partial charge >= 0.3 is 11.9 Å². The molecule has 0 aromatic carbocycles. The maximum Gasteiger partial charge on any atom is 0.306 e. The number of aliphatic hydroxyl groups is 4. The summed E-state index contributed by atoms with van der Waals surface area (Å²) in [5.74, 6) is -0.800. The third-order valence-electron chi connectivity index (χ3n) is 9.24. The number of hydrogen-bond donors (Lipinski definition) is 4. The highest BCUT2D eigenvalue weighted by Crippen LogP contribution is 2.22. The second kappa shape index (κ2) is 30.5. The number of aliphatic hydroxyl groups excluding tert-OH is 4. The highest BCUT2D eigenvalue weighted by Gasteiger charge is 2.44. The van der Waals surface area contributed by atoms with E-state index in [1.165, 1.54) is 103 Å². The first-order chi connectivity index (χ1) is 23.3. The Morgan fingerprint density at radius 1 is 0.562 bits per heavy atom. The van der Waals surface area contributed by atoms with E-state index in [1.54, 1.807) is 0 Å². The van der Waals surface area contributed by atoms with Gasteiger partial charge in [-0.05, 0) is 12.8 Å². The Hall–Kier alpha value is -1.30. The lowest BCUT2D eigenvalue weighted by molar-refractivity contribution is -0.305. The number of rotatable bonds is 32. The molecule has 0 unspecified atom stereocenters. The zero-order valence-corrected chi connectivity index (χ0v) is 30.5. The molecule has 0 aliphatic carbocycles. The maximum absolute atomic E-state index is 12.6. The van der Waals surface area contributed by atoms with Gasteiger partial charge in [0.15, 0.2) is 12.4 Å². The normalized spacial score (nSPS) is 21.7. The van der Waals surface area contributed by atoms with Crippen LogP contribution in [0.15, 0.2) is 0 Å². The largest absolute Gasteiger partial charge is 0.462 e. The molecule has 284 valence electrons. The van der Waals surface area contributed by atoms with E-state index in [2.05, 4.69) is 13.8 Å². The molecule has 0 aromatic rings. The van der Waals surface area contributed by atoms with E-state index in [0.717, 1.165) is 38.5 Å². The fraction of sp³-hybridized carbons (Fsp3) is 0.947. The predicted octanol–water partition coefficient (Wildman–Crippen LogP) is 7.05. The molecule has 1 rings (SSSR count). The molecule has 0 spiro atoms. The number of carbonyl (C=O) groups is 2. The molecule has 1 aliphatic rings. The third kappa shape index (κ3) is 22.4. The van der Waals surface area contributed by atoms with Gasteiger partial charge in [-0.1, -0.05) is 149 Å². The predicted molar refractivity (Wildman–Crippen MR) is 187 cm³/mol. The summed E-state index contributed by atoms with van der Waals surface area (Å²) in [5.41, 5.74) is 0. The topological polar surface area (TPSA) is 152 Å². The average Bonchev–Trinajstić information content (AvgIpc) is 3.08. The van der Waals surface area contributed by atoms with Crippen LogP contribution < -0.4 is 0 Å². The quantitative estimate of drug-likeness (QED) is 0.0427. The van der Waals surface area contributed by atoms with Gasteiger partial charge in [0.1, 0.15) is 31.0 Å². The van der Waals surface area contributed by atoms with Gasteiger partial charge in [0.05, 0.1) is 13.2 Å². The summed E-state index contributed by atoms with van der Waals surface area (Å²) in [6.07, 6.45) is 19.7. The molecule has 0 bridgehead atoms. The fourth-order valence-electron chi connectivity index (χ4n) is 6.07. The maximum atomic E-state index is 12.6. The minimum atomic E-state index is -1.59. The van der Waals surface area contributed by atoms with Crippen molar-refractivity contribution in [2.45, 2.75) is 211 Å². The van der Waals surface area contributed by atoms with Gasteiger partial charge in [-0.2, -0.15) is 0 Å². The third-order valence-corrected chi connectivity index (χ3v) is 9.24. The first-order valence-electron chi connectivity index (χ1n) is 19.6. The van der Waals surface area contributed by atoms with Crippen molar-refractivity contribution in [1.82, 2.24) is 0 Å². The van der Waals surface area contributed by atoms with Crippen molar-refractivity contribution in [1.29, 1.82) is 0 Å². The van der Waals surface area contributed by atoms with Gasteiger partial charge in [0.25, 0.3) is 0 Å². The lowest BCUT2D eigenvalue weighted by Crippen LogP contribution is -2.59. The van der Waals surface area contributed by atoms with Crippen LogP contribution in [-0.2, 0) is 28.5 Å². The smallest absolute Gasteiger partial charge is 0.306 e. The molecule has 1 saturated heterocycles. The van der Waals surface area contributed by atoms with Gasteiger partial charge in [-0.25, -0.2) is 0 Å². The van der Waals surface area contributed by atoms with E-state index in [9.17, 15) is 30.0 Å². The van der Waals surface area contributed by atoms with Gasteiger partial charge in [-0.15, -0.1) is 0 Å². The Morgan fingerprint density at radius 2 is 0.979 bits per heavy atom. The Bertz CT molecular complexity index is 764. The molecule has 4 N–H and O–H groups in total. The summed E-state index contributed by atoms with van der Waals surface area (Å²) in [5, 5.41) is 39.9. The molecule has 0 amide bonds. The first kappa shape index (κ1) is 44.7. The Kier molecular flexibility index (Phi) is 28.4. The molecule has 10 nitrogen and oxygen atoms in total. The highest BCUT2D eigenvalue weighted by molar-refractivity contribution is 5.70. The van der Waals surface area contributed by atoms with Crippen LogP contribution in [0.1, 0.15) is 174 Å². The van der Waals surface area contributed by atoms with Crippen LogP contribution in [0.25, 0.3) is 0 Å². The van der Waals surface area contributed by atoms with E-state index < -0.39 is 49.4 Å². The first-order valence-corrected chi connectivity index (χ1v) is 19.6. The van der Waals surface area contributed by atoms with Crippen LogP contribution in [0.3, 0.4) is 0 Å². The van der Waals surface area contributed by atoms with Gasteiger partial charge < -0.3 is 39.4 Å². The summed E-state index contributed by atoms with van der Waals surface area (Å²) in [6, 6.07) is 0. The molecule has 6 atom stereocenters. The number of carbonyl (C=O) groups excluding carboxylic acids is 2. The molecule has 48 heavy (non-hydrogen) atoms. The molecule has 1 heterocycles. The second-order valence-corrected chi connectivity index (χ2v) is 13.8. The van der Waals surface area contributed by atoms with Crippen LogP contribution in [0.2, 0.25) is 0 Å². The molecule has 0 aromatic heterocycles. The summed E-state index contributed by atoms with van der Waals surface area (Å²) in [4.78, 5) is 25.1. The van der Waals surface area contributed by atoms with Crippen molar-refractivity contribution >= 4 is 11.9 Å². The Balaban J connectivity index is 2.38. The van der Waals surface area contributed by atoms with Gasteiger partial charge in [0, 0.05) is 12.8 Å². The minimum Gasteiger partial charge on any atom is -0.462 e. The average molecular weight is 689 g/mol. The van der Waals surface area contributed by atoms with E-state index in [1.807, 2.05) is 0 Å². The lowest BCUT2D eigenvalue weighted by Gasteiger charge is -2.39. The van der Waals surface area contributed by atoms with E-state index in [-0.39, 0.29) is 32.0 Å². The summed E-state index contributed by atoms with van der Waals surface area (Å²) >= 11 is 0. The van der Waals surface area contributed by atoms with Crippen molar-refractivity contribution in [2.75, 3.05) is 19.8 Å². The van der Waals surface area contributed by atoms with Crippen LogP contribution in [0, 0.1) is 0 Å². The number of unbranched alkanes of at least 4 members (excludes halogenated alkanes) is 21. The number of ether oxygens (including phenoxy) is 4. The monoisotopic (exact) mass is 689 g/mol. The zero-order valence-electron chi connectivity index (χ0n) is 30.5. The lowest BCUT2D eigenvalue weighted by atomic mass is 9.99. The number of esters is 2. The van der Waals surface area contributed by atoms with E-state index >= 15 is 0 Å². The van der Waals surface area contributed by atoms with Crippen molar-refractivity contribution in [2.24, 2.45) is 0 Å². The SMILES string of the molecule is CCCCCCCCCCCCCCCC(=O)OC[C@H](CO[C@@H]1O[C@H](CO)[C@H](O)[C@H](O)[C@H]1O)OC(=O)CCCCCCCCCCCC. The van der Waals surface area contributed by atoms with Crippen molar-refractivity contribution in [3.63, 3.8) is 0 Å². The van der Waals surface area contributed by atoms with Gasteiger partial charge in [-0.3, -0.25) is 9.59 Å². The number of hydrogen-bond acceptors (Lipinski definition) is 10. The molecule has 1 fully saturated rings. The summed E-state index contributed by atoms with van der Waals surface area (Å²) in [7, 11) is 0. The zero-order chi connectivity index (χ0) is 35.2. The molecule has 0 radical (unpaired) electrons. The summed E-state index contributed by atoms with van der Waals surface area (Å²) < 4.78 is 22.0. The highest BCUT2D eigenvalue weighted by atomic mass is 16.7. The fourth-order valence-corrected chi connectivity index (χ4v) is 6.07. The summed E-state index contributed by atoms with van der Waals surface area (Å²) in [6.45, 7) is 3.40. The minimum absolute atomic E-state index is 0.210. The van der Waals surface area contributed by atoms with Crippen molar-refractivity contribution in [3.05, 3.63) is 0 Å². The van der Waals surface area contributed by atoms with Crippen LogP contribution in [-0.4, -0.2) is 89.0 Å². The van der Waals surface area contributed by atoms with Crippen molar-refractivity contribution in [3.8, 4) is 0 Å². The Morgan fingerprint density at radius 3 is 1.42 bits per heavy atom. The van der Waals surface area contributed by atoms with E-state index in [0.29, 0.717) is 6.42 Å². The second-order valence-electron chi connectivity index (χ2n) is 13.8. The molecule has 0 saturated carbocycles. The standard InChI is InChI=1S/C38H72O10/c1-3-5-7-9-11-13-15-16-17-19-20-22-24-26-33(40)45-29-31(30-46-38-37(44)36(43)35(42)32(28-39)48-38)47-34(41)27-25-23-21-18-14-12-10-8-6-4-2/h31-32,35-39,42-44H,3-30H2,1-2H3/t31-,32-,35+,36+,37-,38-/m1/s1.